The molecule has 1 aliphatic rings. The molecule has 0 radical (unpaired) electrons. The first kappa shape index (κ1) is 15.8. The molecule has 2 aromatic carbocycles. The van der Waals surface area contributed by atoms with Gasteiger partial charge in [-0.25, -0.2) is 9.07 Å². The van der Waals surface area contributed by atoms with Gasteiger partial charge in [0.15, 0.2) is 0 Å². The molecule has 1 aromatic heterocycles. The summed E-state index contributed by atoms with van der Waals surface area (Å²) in [5.74, 6) is -0.504. The number of alkyl halides is 1. The zero-order chi connectivity index (χ0) is 17.4. The van der Waals surface area contributed by atoms with Crippen molar-refractivity contribution in [2.75, 3.05) is 13.1 Å². The van der Waals surface area contributed by atoms with Gasteiger partial charge in [-0.05, 0) is 43.1 Å². The number of benzene rings is 2. The molecule has 1 fully saturated rings. The quantitative estimate of drug-likeness (QED) is 0.771. The van der Waals surface area contributed by atoms with Crippen molar-refractivity contribution in [1.29, 1.82) is 0 Å². The van der Waals surface area contributed by atoms with Gasteiger partial charge in [0.1, 0.15) is 11.2 Å². The number of halogens is 1. The number of nitrogens with two attached hydrogens (primary N) is 1. The van der Waals surface area contributed by atoms with E-state index in [2.05, 4.69) is 10.4 Å². The number of rotatable bonds is 3. The van der Waals surface area contributed by atoms with Gasteiger partial charge in [0.2, 0.25) is 0 Å². The molecule has 4 rings (SSSR count). The first-order valence-electron chi connectivity index (χ1n) is 8.36. The highest BCUT2D eigenvalue weighted by Gasteiger charge is 2.33. The molecule has 1 atom stereocenters. The Labute approximate surface area is 144 Å². The van der Waals surface area contributed by atoms with Crippen LogP contribution in [0, 0.1) is 0 Å². The Morgan fingerprint density at radius 1 is 1.24 bits per heavy atom. The predicted molar refractivity (Wildman–Crippen MR) is 94.5 cm³/mol. The van der Waals surface area contributed by atoms with Crippen LogP contribution >= 0.6 is 0 Å². The van der Waals surface area contributed by atoms with E-state index in [0.29, 0.717) is 29.6 Å². The maximum absolute atomic E-state index is 15.0. The molecular weight excluding hydrogens is 319 g/mol. The summed E-state index contributed by atoms with van der Waals surface area (Å²) in [6, 6.07) is 12.6. The number of hydrogen-bond donors (Lipinski definition) is 2. The predicted octanol–water partition coefficient (Wildman–Crippen LogP) is 2.67. The Hall–Kier alpha value is -2.73. The minimum atomic E-state index is -1.31. The van der Waals surface area contributed by atoms with E-state index < -0.39 is 11.6 Å². The number of carbonyl (C=O) groups is 1. The topological polar surface area (TPSA) is 72.9 Å². The molecule has 6 heteroatoms. The van der Waals surface area contributed by atoms with Crippen molar-refractivity contribution >= 4 is 16.8 Å². The van der Waals surface area contributed by atoms with Crippen molar-refractivity contribution in [2.45, 2.75) is 18.5 Å². The van der Waals surface area contributed by atoms with Crippen LogP contribution in [0.15, 0.2) is 48.7 Å². The molecule has 0 aliphatic carbocycles. The van der Waals surface area contributed by atoms with Crippen molar-refractivity contribution in [2.24, 2.45) is 5.73 Å². The third kappa shape index (κ3) is 2.78. The van der Waals surface area contributed by atoms with Crippen LogP contribution < -0.4 is 11.1 Å². The largest absolute Gasteiger partial charge is 0.366 e. The molecule has 5 nitrogen and oxygen atoms in total. The summed E-state index contributed by atoms with van der Waals surface area (Å²) in [4.78, 5) is 11.5. The third-order valence-electron chi connectivity index (χ3n) is 4.78. The number of nitrogens with one attached hydrogen (secondary N) is 1. The van der Waals surface area contributed by atoms with Crippen LogP contribution in [0.5, 0.6) is 0 Å². The van der Waals surface area contributed by atoms with Crippen LogP contribution in [0.1, 0.15) is 28.8 Å². The fourth-order valence-electron chi connectivity index (χ4n) is 3.40. The van der Waals surface area contributed by atoms with Crippen molar-refractivity contribution in [1.82, 2.24) is 15.1 Å². The van der Waals surface area contributed by atoms with Crippen LogP contribution in [0.3, 0.4) is 0 Å². The van der Waals surface area contributed by atoms with Gasteiger partial charge in [0, 0.05) is 18.1 Å². The van der Waals surface area contributed by atoms with E-state index in [0.717, 1.165) is 24.0 Å². The van der Waals surface area contributed by atoms with Crippen LogP contribution in [0.25, 0.3) is 16.6 Å². The summed E-state index contributed by atoms with van der Waals surface area (Å²) in [7, 11) is 0. The van der Waals surface area contributed by atoms with Gasteiger partial charge in [-0.1, -0.05) is 24.3 Å². The van der Waals surface area contributed by atoms with E-state index >= 15 is 4.39 Å². The fraction of sp³-hybridized carbons (Fsp3) is 0.263. The van der Waals surface area contributed by atoms with Crippen molar-refractivity contribution in [3.63, 3.8) is 0 Å². The zero-order valence-electron chi connectivity index (χ0n) is 13.7. The minimum absolute atomic E-state index is 0.347. The highest BCUT2D eigenvalue weighted by atomic mass is 19.1. The number of aromatic nitrogens is 2. The van der Waals surface area contributed by atoms with E-state index in [1.165, 1.54) is 0 Å². The van der Waals surface area contributed by atoms with Crippen molar-refractivity contribution in [3.05, 3.63) is 59.8 Å². The van der Waals surface area contributed by atoms with E-state index in [1.54, 1.807) is 16.8 Å². The van der Waals surface area contributed by atoms with E-state index in [9.17, 15) is 4.79 Å². The number of fused-ring (bicyclic) bond motifs is 1. The molecule has 1 amide bonds. The molecular formula is C19H19FN4O. The molecule has 0 bridgehead atoms. The summed E-state index contributed by atoms with van der Waals surface area (Å²) in [5.41, 5.74) is 6.54. The standard InChI is InChI=1S/C19H19FN4O/c20-19(9-2-10-22-12-19)14-5-7-15(8-6-14)24-11-13-3-1-4-16(18(21)25)17(13)23-24/h1,3-8,11,22H,2,9-10,12H2,(H2,21,25)/t19-/m1/s1. The van der Waals surface area contributed by atoms with Gasteiger partial charge in [0.25, 0.3) is 5.91 Å². The molecule has 0 unspecified atom stereocenters. The number of hydrogen-bond acceptors (Lipinski definition) is 3. The van der Waals surface area contributed by atoms with Crippen molar-refractivity contribution in [3.8, 4) is 5.69 Å². The lowest BCUT2D eigenvalue weighted by Gasteiger charge is -2.30. The molecule has 3 aromatic rings. The normalized spacial score (nSPS) is 20.7. The summed E-state index contributed by atoms with van der Waals surface area (Å²) >= 11 is 0. The summed E-state index contributed by atoms with van der Waals surface area (Å²) < 4.78 is 16.7. The summed E-state index contributed by atoms with van der Waals surface area (Å²) in [6.45, 7) is 1.21. The first-order valence-corrected chi connectivity index (χ1v) is 8.36. The number of piperidine rings is 1. The minimum Gasteiger partial charge on any atom is -0.366 e. The molecule has 1 saturated heterocycles. The summed E-state index contributed by atoms with van der Waals surface area (Å²) in [6.07, 6.45) is 3.20. The van der Waals surface area contributed by atoms with Crippen molar-refractivity contribution < 1.29 is 9.18 Å². The number of amides is 1. The third-order valence-corrected chi connectivity index (χ3v) is 4.78. The molecule has 0 saturated carbocycles. The number of primary amides is 1. The highest BCUT2D eigenvalue weighted by molar-refractivity contribution is 6.04. The second-order valence-corrected chi connectivity index (χ2v) is 6.47. The van der Waals surface area contributed by atoms with Crippen LogP contribution in [-0.2, 0) is 5.67 Å². The van der Waals surface area contributed by atoms with Gasteiger partial charge in [-0.3, -0.25) is 4.79 Å². The molecule has 25 heavy (non-hydrogen) atoms. The first-order chi connectivity index (χ1) is 12.1. The maximum atomic E-state index is 15.0. The second kappa shape index (κ2) is 5.97. The number of carbonyl (C=O) groups excluding carboxylic acids is 1. The Morgan fingerprint density at radius 3 is 2.72 bits per heavy atom. The Morgan fingerprint density at radius 2 is 2.04 bits per heavy atom. The van der Waals surface area contributed by atoms with Gasteiger partial charge in [-0.2, -0.15) is 5.10 Å². The Kier molecular flexibility index (Phi) is 3.77. The van der Waals surface area contributed by atoms with Gasteiger partial charge in [0.05, 0.1) is 11.3 Å². The van der Waals surface area contributed by atoms with Crippen LogP contribution in [0.4, 0.5) is 4.39 Å². The monoisotopic (exact) mass is 338 g/mol. The fourth-order valence-corrected chi connectivity index (χ4v) is 3.40. The molecule has 2 heterocycles. The maximum Gasteiger partial charge on any atom is 0.250 e. The average Bonchev–Trinajstić information content (AvgIpc) is 3.06. The summed E-state index contributed by atoms with van der Waals surface area (Å²) in [5, 5.41) is 8.42. The van der Waals surface area contributed by atoms with E-state index in [1.807, 2.05) is 36.5 Å². The van der Waals surface area contributed by atoms with Crippen LogP contribution in [0.2, 0.25) is 0 Å². The number of nitrogens with zero attached hydrogens (tertiary/aromatic N) is 2. The molecule has 3 N–H and O–H groups in total. The Balaban J connectivity index is 1.69. The Bertz CT molecular complexity index is 926. The zero-order valence-corrected chi connectivity index (χ0v) is 13.7. The van der Waals surface area contributed by atoms with E-state index in [-0.39, 0.29) is 0 Å². The van der Waals surface area contributed by atoms with Gasteiger partial charge < -0.3 is 11.1 Å². The van der Waals surface area contributed by atoms with E-state index in [4.69, 9.17) is 5.73 Å². The lowest BCUT2D eigenvalue weighted by molar-refractivity contribution is 0.100. The second-order valence-electron chi connectivity index (χ2n) is 6.47. The van der Waals surface area contributed by atoms with Gasteiger partial charge >= 0.3 is 0 Å². The molecule has 128 valence electrons. The SMILES string of the molecule is NC(=O)c1cccc2cn(-c3ccc([C@@]4(F)CCCNC4)cc3)nc12. The smallest absolute Gasteiger partial charge is 0.250 e. The lowest BCUT2D eigenvalue weighted by atomic mass is 9.88. The average molecular weight is 338 g/mol. The lowest BCUT2D eigenvalue weighted by Crippen LogP contribution is -2.40. The molecule has 1 aliphatic heterocycles. The van der Waals surface area contributed by atoms with Crippen LogP contribution in [-0.4, -0.2) is 28.8 Å². The molecule has 0 spiro atoms. The van der Waals surface area contributed by atoms with Gasteiger partial charge in [-0.15, -0.1) is 0 Å². The highest BCUT2D eigenvalue weighted by Crippen LogP contribution is 2.33.